The lowest BCUT2D eigenvalue weighted by Gasteiger charge is -2.37. The molecule has 30 heavy (non-hydrogen) atoms. The predicted molar refractivity (Wildman–Crippen MR) is 99.5 cm³/mol. The highest BCUT2D eigenvalue weighted by Gasteiger charge is 2.50. The van der Waals surface area contributed by atoms with Crippen LogP contribution in [-0.2, 0) is 14.3 Å². The molecule has 0 radical (unpaired) electrons. The van der Waals surface area contributed by atoms with Gasteiger partial charge in [-0.3, -0.25) is 9.59 Å². The minimum Gasteiger partial charge on any atom is -0.463 e. The number of ether oxygens (including phenoxy) is 2. The fraction of sp³-hybridized carbons (Fsp3) is 0.526. The molecule has 10 nitrogen and oxygen atoms in total. The normalized spacial score (nSPS) is 33.5. The number of esters is 1. The number of benzene rings is 1. The zero-order valence-corrected chi connectivity index (χ0v) is 16.5. The number of aromatic nitrogens is 1. The summed E-state index contributed by atoms with van der Waals surface area (Å²) in [5, 5.41) is 38.8. The van der Waals surface area contributed by atoms with Gasteiger partial charge in [0.05, 0.1) is 10.9 Å². The van der Waals surface area contributed by atoms with E-state index in [1.165, 1.54) is 6.07 Å². The third-order valence-corrected chi connectivity index (χ3v) is 5.62. The van der Waals surface area contributed by atoms with Gasteiger partial charge in [0.25, 0.3) is 0 Å². The van der Waals surface area contributed by atoms with E-state index in [-0.39, 0.29) is 10.8 Å². The van der Waals surface area contributed by atoms with Crippen LogP contribution in [0.15, 0.2) is 16.5 Å². The van der Waals surface area contributed by atoms with Crippen LogP contribution in [0.3, 0.4) is 0 Å². The Bertz CT molecular complexity index is 992. The third-order valence-electron chi connectivity index (χ3n) is 5.34. The van der Waals surface area contributed by atoms with E-state index in [1.807, 2.05) is 0 Å². The Kier molecular flexibility index (Phi) is 5.56. The maximum Gasteiger partial charge on any atom is 0.309 e. The van der Waals surface area contributed by atoms with E-state index in [2.05, 4.69) is 4.98 Å². The molecule has 4 N–H and O–H groups in total. The molecule has 11 heteroatoms. The van der Waals surface area contributed by atoms with Gasteiger partial charge < -0.3 is 34.3 Å². The number of ketones is 1. The van der Waals surface area contributed by atoms with Crippen LogP contribution in [0.25, 0.3) is 11.1 Å². The number of halogens is 1. The van der Waals surface area contributed by atoms with Crippen LogP contribution in [0.2, 0.25) is 5.02 Å². The number of carbonyl (C=O) groups is 2. The van der Waals surface area contributed by atoms with Crippen LogP contribution in [0.5, 0.6) is 0 Å². The first-order valence-corrected chi connectivity index (χ1v) is 9.70. The highest BCUT2D eigenvalue weighted by atomic mass is 35.5. The lowest BCUT2D eigenvalue weighted by molar-refractivity contribution is -0.287. The molecule has 0 spiro atoms. The van der Waals surface area contributed by atoms with Crippen LogP contribution >= 0.6 is 11.6 Å². The standard InChI is InChI=1S/C19H20ClNO9/c1-6-21-11-3-7(2-10(20)17(11)29-6)13(22)8-4-9(8)18(26)28-5-12-14(23)15(24)16(25)19(27)30-12/h2-3,8-9,12,14-16,19,23-25,27H,4-5H2,1H3/t8-,9-,12?,14-,15-,16+,19-/m0/s1. The van der Waals surface area contributed by atoms with Gasteiger partial charge in [-0.05, 0) is 18.6 Å². The number of aryl methyl sites for hydroxylation is 1. The number of hydrogen-bond acceptors (Lipinski definition) is 10. The summed E-state index contributed by atoms with van der Waals surface area (Å²) in [6, 6.07) is 3.03. The van der Waals surface area contributed by atoms with Gasteiger partial charge in [-0.1, -0.05) is 11.6 Å². The summed E-state index contributed by atoms with van der Waals surface area (Å²) in [5.74, 6) is -1.76. The maximum atomic E-state index is 12.7. The largest absolute Gasteiger partial charge is 0.463 e. The summed E-state index contributed by atoms with van der Waals surface area (Å²) >= 11 is 6.15. The van der Waals surface area contributed by atoms with Gasteiger partial charge in [-0.2, -0.15) is 0 Å². The fourth-order valence-corrected chi connectivity index (χ4v) is 3.80. The molecule has 1 aliphatic carbocycles. The van der Waals surface area contributed by atoms with Crippen molar-refractivity contribution in [2.24, 2.45) is 11.8 Å². The van der Waals surface area contributed by atoms with Gasteiger partial charge in [0.1, 0.15) is 36.5 Å². The number of carbonyl (C=O) groups excluding carboxylic acids is 2. The number of aliphatic hydroxyl groups excluding tert-OH is 4. The molecule has 0 amide bonds. The minimum atomic E-state index is -1.72. The Hall–Kier alpha value is -2.08. The van der Waals surface area contributed by atoms with Crippen molar-refractivity contribution >= 4 is 34.5 Å². The van der Waals surface area contributed by atoms with E-state index in [0.717, 1.165) is 0 Å². The topological polar surface area (TPSA) is 160 Å². The first-order valence-electron chi connectivity index (χ1n) is 9.32. The molecule has 2 aromatic rings. The number of aliphatic hydroxyl groups is 4. The van der Waals surface area contributed by atoms with Crippen molar-refractivity contribution < 1.29 is 43.9 Å². The molecule has 1 aromatic heterocycles. The van der Waals surface area contributed by atoms with E-state index in [1.54, 1.807) is 13.0 Å². The average molecular weight is 442 g/mol. The second-order valence-corrected chi connectivity index (χ2v) is 7.93. The number of nitrogens with zero attached hydrogens (tertiary/aromatic N) is 1. The fourth-order valence-electron chi connectivity index (χ4n) is 3.54. The van der Waals surface area contributed by atoms with Crippen molar-refractivity contribution in [1.82, 2.24) is 4.98 Å². The van der Waals surface area contributed by atoms with Gasteiger partial charge in [-0.25, -0.2) is 4.98 Å². The van der Waals surface area contributed by atoms with Gasteiger partial charge in [0, 0.05) is 18.4 Å². The van der Waals surface area contributed by atoms with Crippen LogP contribution in [0.1, 0.15) is 22.7 Å². The van der Waals surface area contributed by atoms with Crippen molar-refractivity contribution in [3.63, 3.8) is 0 Å². The Morgan fingerprint density at radius 2 is 1.90 bits per heavy atom. The first-order chi connectivity index (χ1) is 14.2. The molecular formula is C19H20ClNO9. The first kappa shape index (κ1) is 21.2. The predicted octanol–water partition coefficient (Wildman–Crippen LogP) is -0.0485. The Labute approximate surface area is 175 Å². The third kappa shape index (κ3) is 3.82. The summed E-state index contributed by atoms with van der Waals surface area (Å²) in [5.41, 5.74) is 1.15. The molecule has 1 unspecified atom stereocenters. The van der Waals surface area contributed by atoms with E-state index in [9.17, 15) is 30.0 Å². The van der Waals surface area contributed by atoms with Crippen molar-refractivity contribution in [2.45, 2.75) is 44.1 Å². The Balaban J connectivity index is 1.36. The second kappa shape index (κ2) is 7.88. The molecule has 2 heterocycles. The maximum absolute atomic E-state index is 12.7. The van der Waals surface area contributed by atoms with Crippen LogP contribution < -0.4 is 0 Å². The van der Waals surface area contributed by atoms with E-state index < -0.39 is 55.1 Å². The molecule has 2 aliphatic rings. The molecule has 2 fully saturated rings. The van der Waals surface area contributed by atoms with Crippen LogP contribution in [0.4, 0.5) is 0 Å². The van der Waals surface area contributed by atoms with Crippen molar-refractivity contribution in [3.05, 3.63) is 28.6 Å². The highest BCUT2D eigenvalue weighted by molar-refractivity contribution is 6.35. The molecule has 7 atom stereocenters. The number of oxazole rings is 1. The summed E-state index contributed by atoms with van der Waals surface area (Å²) in [6.07, 6.45) is -7.51. The lowest BCUT2D eigenvalue weighted by atomic mass is 9.99. The lowest BCUT2D eigenvalue weighted by Crippen LogP contribution is -2.58. The van der Waals surface area contributed by atoms with Gasteiger partial charge in [0.15, 0.2) is 23.5 Å². The monoisotopic (exact) mass is 441 g/mol. The molecular weight excluding hydrogens is 422 g/mol. The summed E-state index contributed by atoms with van der Waals surface area (Å²) in [6.45, 7) is 1.21. The molecule has 162 valence electrons. The summed E-state index contributed by atoms with van der Waals surface area (Å²) < 4.78 is 15.4. The van der Waals surface area contributed by atoms with Gasteiger partial charge in [-0.15, -0.1) is 0 Å². The van der Waals surface area contributed by atoms with Gasteiger partial charge in [0.2, 0.25) is 0 Å². The van der Waals surface area contributed by atoms with E-state index in [0.29, 0.717) is 29.0 Å². The number of hydrogen-bond donors (Lipinski definition) is 4. The quantitative estimate of drug-likeness (QED) is 0.366. The molecule has 1 saturated carbocycles. The van der Waals surface area contributed by atoms with Crippen molar-refractivity contribution in [1.29, 1.82) is 0 Å². The van der Waals surface area contributed by atoms with E-state index >= 15 is 0 Å². The molecule has 4 rings (SSSR count). The van der Waals surface area contributed by atoms with Crippen molar-refractivity contribution in [3.8, 4) is 0 Å². The number of fused-ring (bicyclic) bond motifs is 1. The number of rotatable bonds is 5. The molecule has 1 aromatic carbocycles. The molecule has 1 aliphatic heterocycles. The number of Topliss-reactive ketones (excluding diaryl/α,β-unsaturated/α-hetero) is 1. The highest BCUT2D eigenvalue weighted by Crippen LogP contribution is 2.43. The van der Waals surface area contributed by atoms with Crippen LogP contribution in [-0.4, -0.2) is 74.5 Å². The SMILES string of the molecule is Cc1nc2cc(C(=O)[C@H]3C[C@@H]3C(=O)OCC3O[C@H](O)[C@H](O)[C@@H](O)[C@H]3O)cc(Cl)c2o1. The zero-order chi connectivity index (χ0) is 21.7. The summed E-state index contributed by atoms with van der Waals surface area (Å²) in [4.78, 5) is 29.2. The van der Waals surface area contributed by atoms with Gasteiger partial charge >= 0.3 is 5.97 Å². The Morgan fingerprint density at radius 1 is 1.17 bits per heavy atom. The minimum absolute atomic E-state index is 0.249. The van der Waals surface area contributed by atoms with Crippen molar-refractivity contribution in [2.75, 3.05) is 6.61 Å². The smallest absolute Gasteiger partial charge is 0.309 e. The average Bonchev–Trinajstić information content (AvgIpc) is 3.42. The molecule has 1 saturated heterocycles. The van der Waals surface area contributed by atoms with E-state index in [4.69, 9.17) is 25.5 Å². The Morgan fingerprint density at radius 3 is 2.63 bits per heavy atom. The second-order valence-electron chi connectivity index (χ2n) is 7.52. The molecule has 0 bridgehead atoms. The summed E-state index contributed by atoms with van der Waals surface area (Å²) in [7, 11) is 0. The zero-order valence-electron chi connectivity index (χ0n) is 15.8. The van der Waals surface area contributed by atoms with Crippen LogP contribution in [0, 0.1) is 18.8 Å².